The van der Waals surface area contributed by atoms with Crippen LogP contribution in [0.4, 0.5) is 5.69 Å². The fourth-order valence-electron chi connectivity index (χ4n) is 2.79. The van der Waals surface area contributed by atoms with Crippen LogP contribution in [0.25, 0.3) is 0 Å². The molecule has 0 radical (unpaired) electrons. The molecule has 0 bridgehead atoms. The molecule has 2 nitrogen and oxygen atoms in total. The van der Waals surface area contributed by atoms with Crippen LogP contribution in [0.5, 0.6) is 0 Å². The van der Waals surface area contributed by atoms with Crippen LogP contribution < -0.4 is 5.32 Å². The molecule has 1 aromatic rings. The Kier molecular flexibility index (Phi) is 4.51. The average molecular weight is 280 g/mol. The Morgan fingerprint density at radius 1 is 1.26 bits per heavy atom. The number of alkyl halides is 1. The number of rotatable bonds is 3. The minimum Gasteiger partial charge on any atom is -0.325 e. The molecule has 0 aliphatic heterocycles. The van der Waals surface area contributed by atoms with Crippen molar-refractivity contribution in [2.45, 2.75) is 51.3 Å². The highest BCUT2D eigenvalue weighted by Crippen LogP contribution is 2.37. The molecule has 1 amide bonds. The van der Waals surface area contributed by atoms with E-state index in [9.17, 15) is 4.79 Å². The van der Waals surface area contributed by atoms with Gasteiger partial charge in [-0.3, -0.25) is 4.79 Å². The molecule has 3 heteroatoms. The maximum absolute atomic E-state index is 12.5. The Morgan fingerprint density at radius 3 is 2.53 bits per heavy atom. The highest BCUT2D eigenvalue weighted by Gasteiger charge is 2.34. The van der Waals surface area contributed by atoms with Crippen molar-refractivity contribution >= 4 is 23.2 Å². The minimum atomic E-state index is -0.221. The van der Waals surface area contributed by atoms with Gasteiger partial charge in [-0.2, -0.15) is 0 Å². The van der Waals surface area contributed by atoms with Gasteiger partial charge in [0.05, 0.1) is 5.38 Å². The van der Waals surface area contributed by atoms with E-state index in [0.717, 1.165) is 36.9 Å². The summed E-state index contributed by atoms with van der Waals surface area (Å²) in [4.78, 5) is 12.5. The summed E-state index contributed by atoms with van der Waals surface area (Å²) in [5, 5.41) is 2.98. The monoisotopic (exact) mass is 279 g/mol. The summed E-state index contributed by atoms with van der Waals surface area (Å²) >= 11 is 6.16. The normalized spacial score (nSPS) is 19.7. The zero-order valence-corrected chi connectivity index (χ0v) is 12.5. The molecule has 1 N–H and O–H groups in total. The van der Waals surface area contributed by atoms with Crippen LogP contribution in [0.2, 0.25) is 0 Å². The topological polar surface area (TPSA) is 29.1 Å². The van der Waals surface area contributed by atoms with E-state index in [1.54, 1.807) is 0 Å². The van der Waals surface area contributed by atoms with Crippen LogP contribution in [0, 0.1) is 5.41 Å². The third-order valence-corrected chi connectivity index (χ3v) is 4.38. The van der Waals surface area contributed by atoms with Crippen LogP contribution >= 0.6 is 11.6 Å². The number of hydrogen-bond donors (Lipinski definition) is 1. The van der Waals surface area contributed by atoms with E-state index in [-0.39, 0.29) is 16.7 Å². The van der Waals surface area contributed by atoms with Gasteiger partial charge in [0.15, 0.2) is 0 Å². The molecule has 0 spiro atoms. The van der Waals surface area contributed by atoms with E-state index in [1.807, 2.05) is 31.2 Å². The number of hydrogen-bond acceptors (Lipinski definition) is 1. The van der Waals surface area contributed by atoms with Crippen LogP contribution in [0.15, 0.2) is 24.3 Å². The maximum Gasteiger partial charge on any atom is 0.230 e. The van der Waals surface area contributed by atoms with Gasteiger partial charge < -0.3 is 5.32 Å². The number of carbonyl (C=O) groups excluding carboxylic acids is 1. The second-order valence-corrected chi connectivity index (χ2v) is 6.43. The predicted molar refractivity (Wildman–Crippen MR) is 80.5 cm³/mol. The fraction of sp³-hybridized carbons (Fsp3) is 0.562. The molecule has 104 valence electrons. The van der Waals surface area contributed by atoms with E-state index in [4.69, 9.17) is 11.6 Å². The summed E-state index contributed by atoms with van der Waals surface area (Å²) in [5.74, 6) is 0.136. The summed E-state index contributed by atoms with van der Waals surface area (Å²) < 4.78 is 0. The molecule has 1 aromatic carbocycles. The van der Waals surface area contributed by atoms with Gasteiger partial charge >= 0.3 is 0 Å². The molecule has 0 saturated heterocycles. The van der Waals surface area contributed by atoms with Gasteiger partial charge in [0, 0.05) is 11.1 Å². The number of halogens is 1. The van der Waals surface area contributed by atoms with Crippen molar-refractivity contribution in [3.8, 4) is 0 Å². The molecule has 2 rings (SSSR count). The molecule has 1 unspecified atom stereocenters. The van der Waals surface area contributed by atoms with Crippen LogP contribution in [-0.2, 0) is 4.79 Å². The summed E-state index contributed by atoms with van der Waals surface area (Å²) in [6.45, 7) is 4.00. The second kappa shape index (κ2) is 5.96. The van der Waals surface area contributed by atoms with Crippen molar-refractivity contribution in [2.24, 2.45) is 5.41 Å². The van der Waals surface area contributed by atoms with Crippen molar-refractivity contribution in [2.75, 3.05) is 5.32 Å². The Morgan fingerprint density at radius 2 is 1.89 bits per heavy atom. The third-order valence-electron chi connectivity index (χ3n) is 4.14. The van der Waals surface area contributed by atoms with Gasteiger partial charge in [-0.25, -0.2) is 0 Å². The van der Waals surface area contributed by atoms with Crippen molar-refractivity contribution < 1.29 is 4.79 Å². The van der Waals surface area contributed by atoms with Crippen molar-refractivity contribution in [3.05, 3.63) is 29.8 Å². The van der Waals surface area contributed by atoms with E-state index in [0.29, 0.717) is 0 Å². The molecule has 1 aliphatic carbocycles. The van der Waals surface area contributed by atoms with Crippen molar-refractivity contribution in [1.29, 1.82) is 0 Å². The SMILES string of the molecule is CC(Cl)c1ccccc1NC(=O)C1(C)CCCCC1. The van der Waals surface area contributed by atoms with Crippen LogP contribution in [0.1, 0.15) is 56.9 Å². The first-order valence-corrected chi connectivity index (χ1v) is 7.51. The molecule has 1 saturated carbocycles. The summed E-state index contributed by atoms with van der Waals surface area (Å²) in [7, 11) is 0. The largest absolute Gasteiger partial charge is 0.325 e. The molecule has 1 aliphatic rings. The van der Waals surface area contributed by atoms with Crippen molar-refractivity contribution in [3.63, 3.8) is 0 Å². The van der Waals surface area contributed by atoms with Gasteiger partial charge in [-0.05, 0) is 31.4 Å². The van der Waals surface area contributed by atoms with Crippen molar-refractivity contribution in [1.82, 2.24) is 0 Å². The number of amides is 1. The lowest BCUT2D eigenvalue weighted by Gasteiger charge is -2.32. The fourth-order valence-corrected chi connectivity index (χ4v) is 2.98. The zero-order chi connectivity index (χ0) is 13.9. The van der Waals surface area contributed by atoms with E-state index >= 15 is 0 Å². The van der Waals surface area contributed by atoms with Gasteiger partial charge in [0.25, 0.3) is 0 Å². The summed E-state index contributed by atoms with van der Waals surface area (Å²) in [6, 6.07) is 7.78. The molecule has 1 atom stereocenters. The minimum absolute atomic E-state index is 0.101. The van der Waals surface area contributed by atoms with Crippen LogP contribution in [0.3, 0.4) is 0 Å². The Balaban J connectivity index is 2.14. The highest BCUT2D eigenvalue weighted by atomic mass is 35.5. The standard InChI is InChI=1S/C16H22ClNO/c1-12(17)13-8-4-5-9-14(13)18-15(19)16(2)10-6-3-7-11-16/h4-5,8-9,12H,3,6-7,10-11H2,1-2H3,(H,18,19). The zero-order valence-electron chi connectivity index (χ0n) is 11.7. The first-order valence-electron chi connectivity index (χ1n) is 7.07. The van der Waals surface area contributed by atoms with Gasteiger partial charge in [-0.15, -0.1) is 11.6 Å². The van der Waals surface area contributed by atoms with Gasteiger partial charge in [0.1, 0.15) is 0 Å². The number of para-hydroxylation sites is 1. The Bertz CT molecular complexity index is 450. The molecule has 0 aromatic heterocycles. The van der Waals surface area contributed by atoms with E-state index < -0.39 is 0 Å². The average Bonchev–Trinajstić information content (AvgIpc) is 2.40. The predicted octanol–water partition coefficient (Wildman–Crippen LogP) is 4.90. The third kappa shape index (κ3) is 3.30. The lowest BCUT2D eigenvalue weighted by Crippen LogP contribution is -2.35. The lowest BCUT2D eigenvalue weighted by molar-refractivity contribution is -0.126. The first-order chi connectivity index (χ1) is 9.03. The van der Waals surface area contributed by atoms with E-state index in [2.05, 4.69) is 12.2 Å². The quantitative estimate of drug-likeness (QED) is 0.784. The smallest absolute Gasteiger partial charge is 0.230 e. The number of nitrogens with one attached hydrogen (secondary N) is 1. The second-order valence-electron chi connectivity index (χ2n) is 5.78. The number of benzene rings is 1. The first kappa shape index (κ1) is 14.4. The Labute approximate surface area is 120 Å². The maximum atomic E-state index is 12.5. The van der Waals surface area contributed by atoms with E-state index in [1.165, 1.54) is 6.42 Å². The molecule has 1 fully saturated rings. The number of anilines is 1. The molecular weight excluding hydrogens is 258 g/mol. The number of carbonyl (C=O) groups is 1. The lowest BCUT2D eigenvalue weighted by atomic mass is 9.75. The Hall–Kier alpha value is -1.02. The van der Waals surface area contributed by atoms with Gasteiger partial charge in [0.2, 0.25) is 5.91 Å². The summed E-state index contributed by atoms with van der Waals surface area (Å²) in [5.41, 5.74) is 1.61. The van der Waals surface area contributed by atoms with Crippen LogP contribution in [-0.4, -0.2) is 5.91 Å². The molecule has 0 heterocycles. The summed E-state index contributed by atoms with van der Waals surface area (Å²) in [6.07, 6.45) is 5.52. The molecular formula is C16H22ClNO. The van der Waals surface area contributed by atoms with Gasteiger partial charge in [-0.1, -0.05) is 44.4 Å². The highest BCUT2D eigenvalue weighted by molar-refractivity contribution is 6.21. The molecule has 19 heavy (non-hydrogen) atoms.